The maximum Gasteiger partial charge on any atom is 0.507 e. The summed E-state index contributed by atoms with van der Waals surface area (Å²) in [6.45, 7) is 12.1. The first kappa shape index (κ1) is 27.9. The Morgan fingerprint density at radius 3 is 2.44 bits per heavy atom. The van der Waals surface area contributed by atoms with Crippen LogP contribution in [0, 0.1) is 11.8 Å². The van der Waals surface area contributed by atoms with Crippen molar-refractivity contribution in [1.29, 1.82) is 0 Å². The van der Waals surface area contributed by atoms with Gasteiger partial charge in [-0.05, 0) is 36.0 Å². The van der Waals surface area contributed by atoms with E-state index in [1.807, 2.05) is 32.2 Å². The van der Waals surface area contributed by atoms with Crippen LogP contribution in [0.5, 0.6) is 5.75 Å². The van der Waals surface area contributed by atoms with Gasteiger partial charge in [0.05, 0.1) is 19.3 Å². The molecule has 1 aromatic heterocycles. The Morgan fingerprint density at radius 2 is 1.94 bits per heavy atom. The molecule has 0 bridgehead atoms. The van der Waals surface area contributed by atoms with E-state index in [0.29, 0.717) is 24.2 Å². The summed E-state index contributed by atoms with van der Waals surface area (Å²) in [7, 11) is 3.20. The molecule has 198 valence electrons. The third-order valence-corrected chi connectivity index (χ3v) is 7.68. The Balaban J connectivity index is 2.23. The van der Waals surface area contributed by atoms with Crippen molar-refractivity contribution < 1.29 is 28.9 Å². The number of aromatic nitrogens is 1. The number of carbonyl (C=O) groups is 2. The predicted octanol–water partition coefficient (Wildman–Crippen LogP) is 6.12. The number of likely N-dealkylation sites (tertiary alicyclic amines) is 1. The van der Waals surface area contributed by atoms with Gasteiger partial charge in [0, 0.05) is 43.0 Å². The Hall–Kier alpha value is -2.65. The molecule has 0 aliphatic carbocycles. The minimum absolute atomic E-state index is 0.0611. The van der Waals surface area contributed by atoms with Crippen molar-refractivity contribution in [3.05, 3.63) is 45.9 Å². The van der Waals surface area contributed by atoms with Crippen molar-refractivity contribution in [1.82, 2.24) is 9.88 Å². The number of nitrogens with zero attached hydrogens (tertiary/aromatic N) is 2. The van der Waals surface area contributed by atoms with Gasteiger partial charge in [-0.3, -0.25) is 9.69 Å². The Bertz CT molecular complexity index is 1060. The van der Waals surface area contributed by atoms with Gasteiger partial charge in [0.2, 0.25) is 0 Å². The Kier molecular flexibility index (Phi) is 8.35. The van der Waals surface area contributed by atoms with E-state index in [0.717, 1.165) is 10.6 Å². The first-order valence-electron chi connectivity index (χ1n) is 12.2. The van der Waals surface area contributed by atoms with Crippen molar-refractivity contribution in [2.45, 2.75) is 77.7 Å². The van der Waals surface area contributed by atoms with Gasteiger partial charge in [-0.15, -0.1) is 11.3 Å². The number of amides is 1. The molecule has 1 fully saturated rings. The monoisotopic (exact) mass is 518 g/mol. The first-order chi connectivity index (χ1) is 16.8. The molecule has 1 amide bonds. The molecule has 1 aliphatic rings. The lowest BCUT2D eigenvalue weighted by atomic mass is 9.85. The van der Waals surface area contributed by atoms with Crippen LogP contribution in [0.1, 0.15) is 81.4 Å². The summed E-state index contributed by atoms with van der Waals surface area (Å²) in [5.41, 5.74) is -0.188. The van der Waals surface area contributed by atoms with E-state index in [1.54, 1.807) is 37.4 Å². The van der Waals surface area contributed by atoms with E-state index in [9.17, 15) is 14.7 Å². The first-order valence-corrected chi connectivity index (χ1v) is 13.1. The van der Waals surface area contributed by atoms with Crippen LogP contribution in [0.15, 0.2) is 29.8 Å². The third kappa shape index (κ3) is 5.52. The van der Waals surface area contributed by atoms with Crippen LogP contribution in [0.4, 0.5) is 4.79 Å². The molecule has 1 N–H and O–H groups in total. The number of rotatable bonds is 8. The molecule has 0 radical (unpaired) electrons. The number of methoxy groups -OCH3 is 2. The maximum absolute atomic E-state index is 14.4. The highest BCUT2D eigenvalue weighted by Gasteiger charge is 2.59. The molecule has 2 heterocycles. The number of carboxylic acid groups (broad SMARTS) is 1. The van der Waals surface area contributed by atoms with E-state index >= 15 is 0 Å². The average molecular weight is 519 g/mol. The van der Waals surface area contributed by atoms with Gasteiger partial charge in [-0.25, -0.2) is 9.78 Å². The van der Waals surface area contributed by atoms with Crippen molar-refractivity contribution in [2.24, 2.45) is 11.8 Å². The van der Waals surface area contributed by atoms with Crippen molar-refractivity contribution in [3.63, 3.8) is 0 Å². The van der Waals surface area contributed by atoms with Gasteiger partial charge in [0.15, 0.2) is 5.72 Å². The lowest BCUT2D eigenvalue weighted by Gasteiger charge is -2.40. The third-order valence-electron chi connectivity index (χ3n) is 6.84. The van der Waals surface area contributed by atoms with Crippen molar-refractivity contribution in [3.8, 4) is 5.75 Å². The fourth-order valence-electron chi connectivity index (χ4n) is 5.30. The molecule has 4 atom stereocenters. The topological polar surface area (TPSA) is 98.2 Å². The minimum atomic E-state index is -1.42. The quantitative estimate of drug-likeness (QED) is 0.420. The van der Waals surface area contributed by atoms with Gasteiger partial charge < -0.3 is 19.3 Å². The maximum atomic E-state index is 14.4. The molecule has 1 unspecified atom stereocenters. The van der Waals surface area contributed by atoms with Crippen LogP contribution in [-0.4, -0.2) is 53.1 Å². The zero-order valence-electron chi connectivity index (χ0n) is 22.4. The van der Waals surface area contributed by atoms with Crippen LogP contribution in [0.3, 0.4) is 0 Å². The number of hydrogen-bond acceptors (Lipinski definition) is 7. The number of ether oxygens (including phenoxy) is 3. The van der Waals surface area contributed by atoms with Gasteiger partial charge >= 0.3 is 6.16 Å². The molecule has 0 saturated carbocycles. The highest BCUT2D eigenvalue weighted by Crippen LogP contribution is 2.53. The summed E-state index contributed by atoms with van der Waals surface area (Å²) < 4.78 is 17.0. The summed E-state index contributed by atoms with van der Waals surface area (Å²) in [4.78, 5) is 32.5. The highest BCUT2D eigenvalue weighted by molar-refractivity contribution is 7.09. The molecule has 36 heavy (non-hydrogen) atoms. The van der Waals surface area contributed by atoms with E-state index in [4.69, 9.17) is 14.2 Å². The Morgan fingerprint density at radius 1 is 1.25 bits per heavy atom. The van der Waals surface area contributed by atoms with Crippen LogP contribution in [-0.2, 0) is 14.9 Å². The minimum Gasteiger partial charge on any atom is -0.496 e. The van der Waals surface area contributed by atoms with E-state index in [1.165, 1.54) is 11.3 Å². The molecule has 8 nitrogen and oxygen atoms in total. The molecule has 1 saturated heterocycles. The smallest absolute Gasteiger partial charge is 0.496 e. The molecule has 0 spiro atoms. The van der Waals surface area contributed by atoms with Crippen LogP contribution in [0.2, 0.25) is 0 Å². The highest BCUT2D eigenvalue weighted by atomic mass is 32.1. The fourth-order valence-corrected chi connectivity index (χ4v) is 6.11. The standard InChI is InChI=1S/C27H38N2O6S/c1-16(2)14-27(35-25(31)32)15-19(17(3)33-7)22(23-28-11-12-36-23)29(27)24(30)18-9-10-20(26(4,5)6)21(13-18)34-8/h9-13,16-17,19,22H,14-15H2,1-8H3,(H,31,32)/t17?,19-,22+,27-/m0/s1. The number of thiazole rings is 1. The molecule has 3 rings (SSSR count). The van der Waals surface area contributed by atoms with Crippen LogP contribution in [0.25, 0.3) is 0 Å². The van der Waals surface area contributed by atoms with Gasteiger partial charge in [0.1, 0.15) is 10.8 Å². The zero-order chi connectivity index (χ0) is 26.8. The molecular weight excluding hydrogens is 480 g/mol. The number of benzene rings is 1. The summed E-state index contributed by atoms with van der Waals surface area (Å²) in [6.07, 6.45) is 0.659. The van der Waals surface area contributed by atoms with Crippen molar-refractivity contribution >= 4 is 23.4 Å². The normalized spacial score (nSPS) is 23.1. The second-order valence-electron chi connectivity index (χ2n) is 10.9. The van der Waals surface area contributed by atoms with Crippen LogP contribution >= 0.6 is 11.3 Å². The average Bonchev–Trinajstić information content (AvgIpc) is 3.42. The summed E-state index contributed by atoms with van der Waals surface area (Å²) in [5, 5.41) is 12.4. The molecule has 2 aromatic rings. The summed E-state index contributed by atoms with van der Waals surface area (Å²) >= 11 is 1.43. The zero-order valence-corrected chi connectivity index (χ0v) is 23.2. The SMILES string of the molecule is COc1cc(C(=O)N2[C@@H](c3nccs3)[C@H](C(C)OC)C[C@]2(CC(C)C)OC(=O)O)ccc1C(C)(C)C. The largest absolute Gasteiger partial charge is 0.507 e. The lowest BCUT2D eigenvalue weighted by Crippen LogP contribution is -2.52. The fraction of sp³-hybridized carbons (Fsp3) is 0.593. The number of hydrogen-bond donors (Lipinski definition) is 1. The summed E-state index contributed by atoms with van der Waals surface area (Å²) in [5.74, 6) is 0.111. The second kappa shape index (κ2) is 10.8. The van der Waals surface area contributed by atoms with Gasteiger partial charge in [-0.2, -0.15) is 0 Å². The van der Waals surface area contributed by atoms with Crippen molar-refractivity contribution in [2.75, 3.05) is 14.2 Å². The van der Waals surface area contributed by atoms with E-state index in [-0.39, 0.29) is 29.3 Å². The second-order valence-corrected chi connectivity index (χ2v) is 11.8. The summed E-state index contributed by atoms with van der Waals surface area (Å²) in [6, 6.07) is 4.89. The van der Waals surface area contributed by atoms with Gasteiger partial charge in [0.25, 0.3) is 5.91 Å². The molecule has 1 aromatic carbocycles. The van der Waals surface area contributed by atoms with E-state index in [2.05, 4.69) is 25.8 Å². The number of carbonyl (C=O) groups excluding carboxylic acids is 1. The molecular formula is C27H38N2O6S. The van der Waals surface area contributed by atoms with Crippen LogP contribution < -0.4 is 4.74 Å². The molecule has 9 heteroatoms. The predicted molar refractivity (Wildman–Crippen MR) is 139 cm³/mol. The van der Waals surface area contributed by atoms with E-state index < -0.39 is 17.9 Å². The molecule has 1 aliphatic heterocycles. The Labute approximate surface area is 217 Å². The lowest BCUT2D eigenvalue weighted by molar-refractivity contribution is -0.108. The van der Waals surface area contributed by atoms with Gasteiger partial charge in [-0.1, -0.05) is 40.7 Å².